The maximum absolute atomic E-state index is 2.53. The number of fused-ring (bicyclic) bond motifs is 15. The largest absolute Gasteiger partial charge is 0.310 e. The van der Waals surface area contributed by atoms with Gasteiger partial charge in [-0.1, -0.05) is 220 Å². The summed E-state index contributed by atoms with van der Waals surface area (Å²) in [7, 11) is 0. The van der Waals surface area contributed by atoms with Gasteiger partial charge in [-0.05, 0) is 126 Å². The number of benzene rings is 12. The molecule has 0 radical (unpaired) electrons. The number of hydrogen-bond donors (Lipinski definition) is 0. The fraction of sp³-hybridized carbons (Fsp3) is 0.0571. The zero-order valence-corrected chi connectivity index (χ0v) is 40.1. The van der Waals surface area contributed by atoms with Crippen molar-refractivity contribution in [3.05, 3.63) is 288 Å². The molecule has 2 aliphatic rings. The molecule has 2 aliphatic carbocycles. The predicted octanol–water partition coefficient (Wildman–Crippen LogP) is 18.4. The van der Waals surface area contributed by atoms with Crippen LogP contribution in [0.3, 0.4) is 0 Å². The third kappa shape index (κ3) is 5.55. The number of rotatable bonds is 6. The lowest BCUT2D eigenvalue weighted by Gasteiger charge is -2.35. The molecule has 2 heteroatoms. The molecule has 72 heavy (non-hydrogen) atoms. The highest BCUT2D eigenvalue weighted by Crippen LogP contribution is 2.58. The van der Waals surface area contributed by atoms with Gasteiger partial charge in [0.25, 0.3) is 0 Å². The van der Waals surface area contributed by atoms with Crippen molar-refractivity contribution in [2.75, 3.05) is 4.90 Å². The van der Waals surface area contributed by atoms with Crippen molar-refractivity contribution in [2.45, 2.75) is 24.7 Å². The highest BCUT2D eigenvalue weighted by molar-refractivity contribution is 6.32. The van der Waals surface area contributed by atoms with E-state index < -0.39 is 5.41 Å². The van der Waals surface area contributed by atoms with Crippen molar-refractivity contribution in [3.8, 4) is 27.9 Å². The molecule has 0 N–H and O–H groups in total. The van der Waals surface area contributed by atoms with E-state index in [9.17, 15) is 0 Å². The van der Waals surface area contributed by atoms with E-state index in [0.29, 0.717) is 0 Å². The van der Waals surface area contributed by atoms with Crippen molar-refractivity contribution in [1.82, 2.24) is 4.57 Å². The van der Waals surface area contributed by atoms with Crippen LogP contribution in [0.2, 0.25) is 0 Å². The number of para-hydroxylation sites is 1. The summed E-state index contributed by atoms with van der Waals surface area (Å²) in [6.45, 7) is 4.84. The van der Waals surface area contributed by atoms with E-state index in [4.69, 9.17) is 0 Å². The quantitative estimate of drug-likeness (QED) is 0.151. The Labute approximate surface area is 419 Å². The Morgan fingerprint density at radius 1 is 0.347 bits per heavy atom. The summed E-state index contributed by atoms with van der Waals surface area (Å²) in [5, 5.41) is 10.1. The molecule has 0 bridgehead atoms. The summed E-state index contributed by atoms with van der Waals surface area (Å²) in [6, 6.07) is 95.3. The maximum atomic E-state index is 2.53. The normalized spacial score (nSPS) is 13.9. The molecular weight excluding hydrogens is 869 g/mol. The molecule has 13 aromatic rings. The van der Waals surface area contributed by atoms with Crippen LogP contribution in [0.4, 0.5) is 17.1 Å². The summed E-state index contributed by atoms with van der Waals surface area (Å²) in [6.07, 6.45) is 0. The Hall–Kier alpha value is -8.98. The molecule has 0 amide bonds. The van der Waals surface area contributed by atoms with Gasteiger partial charge in [-0.15, -0.1) is 0 Å². The topological polar surface area (TPSA) is 8.17 Å². The fourth-order valence-corrected chi connectivity index (χ4v) is 13.3. The van der Waals surface area contributed by atoms with E-state index >= 15 is 0 Å². The first kappa shape index (κ1) is 40.9. The van der Waals surface area contributed by atoms with Crippen molar-refractivity contribution in [3.63, 3.8) is 0 Å². The van der Waals surface area contributed by atoms with E-state index in [1.165, 1.54) is 115 Å². The van der Waals surface area contributed by atoms with Gasteiger partial charge in [0.1, 0.15) is 0 Å². The van der Waals surface area contributed by atoms with Gasteiger partial charge < -0.3 is 9.47 Å². The van der Waals surface area contributed by atoms with Crippen molar-refractivity contribution < 1.29 is 0 Å². The highest BCUT2D eigenvalue weighted by Gasteiger charge is 2.46. The first-order valence-corrected chi connectivity index (χ1v) is 25.3. The van der Waals surface area contributed by atoms with Crippen molar-refractivity contribution in [2.24, 2.45) is 0 Å². The summed E-state index contributed by atoms with van der Waals surface area (Å²) < 4.78 is 2.53. The lowest BCUT2D eigenvalue weighted by atomic mass is 9.67. The second-order valence-corrected chi connectivity index (χ2v) is 20.3. The van der Waals surface area contributed by atoms with Crippen LogP contribution in [0.15, 0.2) is 255 Å². The van der Waals surface area contributed by atoms with Gasteiger partial charge in [0.05, 0.1) is 22.1 Å². The molecule has 0 unspecified atom stereocenters. The summed E-state index contributed by atoms with van der Waals surface area (Å²) >= 11 is 0. The molecular formula is C70H48N2. The lowest BCUT2D eigenvalue weighted by molar-refractivity contribution is 0.660. The van der Waals surface area contributed by atoms with Gasteiger partial charge in [0.15, 0.2) is 0 Å². The minimum Gasteiger partial charge on any atom is -0.310 e. The van der Waals surface area contributed by atoms with Gasteiger partial charge in [0.2, 0.25) is 0 Å². The zero-order valence-electron chi connectivity index (χ0n) is 40.1. The van der Waals surface area contributed by atoms with Crippen LogP contribution < -0.4 is 4.90 Å². The predicted molar refractivity (Wildman–Crippen MR) is 303 cm³/mol. The summed E-state index contributed by atoms with van der Waals surface area (Å²) in [5.41, 5.74) is 19.1. The van der Waals surface area contributed by atoms with Gasteiger partial charge in [-0.3, -0.25) is 0 Å². The van der Waals surface area contributed by atoms with Gasteiger partial charge in [-0.2, -0.15) is 0 Å². The minimum absolute atomic E-state index is 0.302. The highest BCUT2D eigenvalue weighted by atomic mass is 15.1. The zero-order chi connectivity index (χ0) is 47.7. The minimum atomic E-state index is -0.524. The molecule has 0 fully saturated rings. The molecule has 1 aromatic heterocycles. The van der Waals surface area contributed by atoms with E-state index in [1.807, 2.05) is 0 Å². The van der Waals surface area contributed by atoms with Gasteiger partial charge in [-0.25, -0.2) is 0 Å². The van der Waals surface area contributed by atoms with Crippen LogP contribution in [-0.2, 0) is 10.8 Å². The van der Waals surface area contributed by atoms with Crippen molar-refractivity contribution in [1.29, 1.82) is 0 Å². The Kier molecular flexibility index (Phi) is 8.66. The SMILES string of the molecule is CC1(C)c2cc(N(c3ccc4c(c3)C(c3ccccc3)(c3ccccc3)c3ccccc3-4)c3cccc4ccccc34)ccc2-c2ccc(-n3c4ccccc4c4c5ccccc5c5ccccc5c43)cc21. The van der Waals surface area contributed by atoms with Crippen LogP contribution >= 0.6 is 0 Å². The average molecular weight is 917 g/mol. The fourth-order valence-electron chi connectivity index (χ4n) is 13.3. The molecule has 0 saturated carbocycles. The average Bonchev–Trinajstić information content (AvgIpc) is 4.03. The Morgan fingerprint density at radius 2 is 0.847 bits per heavy atom. The van der Waals surface area contributed by atoms with E-state index in [2.05, 4.69) is 278 Å². The van der Waals surface area contributed by atoms with Crippen LogP contribution in [0.5, 0.6) is 0 Å². The molecule has 0 saturated heterocycles. The molecule has 2 nitrogen and oxygen atoms in total. The molecule has 15 rings (SSSR count). The Balaban J connectivity index is 0.933. The molecule has 12 aromatic carbocycles. The molecule has 0 atom stereocenters. The molecule has 1 heterocycles. The molecule has 338 valence electrons. The Bertz CT molecular complexity index is 4320. The monoisotopic (exact) mass is 916 g/mol. The smallest absolute Gasteiger partial charge is 0.0714 e. The maximum Gasteiger partial charge on any atom is 0.0714 e. The third-order valence-corrected chi connectivity index (χ3v) is 16.4. The third-order valence-electron chi connectivity index (χ3n) is 16.4. The standard InChI is InChI=1S/C70H48N2/c1-69(2)62-42-48(36-39-55(62)56-40-38-50(43-63(56)69)72-66-34-18-16-32-60(66)67-58-30-13-11-27-52(58)53-28-12-14-31-59(53)68(67)72)71(65-35-19-21-45-20-9-10-26-51(45)65)49-37-41-57-54-29-15-17-33-61(54)70(64(57)44-49,46-22-5-3-6-23-46)47-24-7-4-8-25-47/h3-44H,1-2H3. The first-order chi connectivity index (χ1) is 35.5. The summed E-state index contributed by atoms with van der Waals surface area (Å²) in [4.78, 5) is 2.52. The van der Waals surface area contributed by atoms with Crippen molar-refractivity contribution >= 4 is 71.2 Å². The lowest BCUT2D eigenvalue weighted by Crippen LogP contribution is -2.28. The number of aromatic nitrogens is 1. The van der Waals surface area contributed by atoms with E-state index in [-0.39, 0.29) is 5.41 Å². The van der Waals surface area contributed by atoms with Crippen LogP contribution in [0.1, 0.15) is 47.2 Å². The first-order valence-electron chi connectivity index (χ1n) is 25.3. The van der Waals surface area contributed by atoms with Gasteiger partial charge >= 0.3 is 0 Å². The van der Waals surface area contributed by atoms with Crippen LogP contribution in [0.25, 0.3) is 82.1 Å². The Morgan fingerprint density at radius 3 is 1.57 bits per heavy atom. The number of anilines is 3. The van der Waals surface area contributed by atoms with E-state index in [1.54, 1.807) is 0 Å². The van der Waals surface area contributed by atoms with Gasteiger partial charge in [0, 0.05) is 44.0 Å². The van der Waals surface area contributed by atoms with E-state index in [0.717, 1.165) is 17.1 Å². The van der Waals surface area contributed by atoms with Crippen LogP contribution in [0, 0.1) is 0 Å². The second kappa shape index (κ2) is 15.3. The number of nitrogens with zero attached hydrogens (tertiary/aromatic N) is 2. The molecule has 0 spiro atoms. The van der Waals surface area contributed by atoms with Crippen LogP contribution in [-0.4, -0.2) is 4.57 Å². The second-order valence-electron chi connectivity index (χ2n) is 20.3. The molecule has 0 aliphatic heterocycles. The number of hydrogen-bond acceptors (Lipinski definition) is 1. The summed E-state index contributed by atoms with van der Waals surface area (Å²) in [5.74, 6) is 0.